The molecule has 1 amide bonds. The van der Waals surface area contributed by atoms with Crippen LogP contribution in [0.1, 0.15) is 21.6 Å². The van der Waals surface area contributed by atoms with E-state index in [0.29, 0.717) is 34.4 Å². The van der Waals surface area contributed by atoms with Crippen molar-refractivity contribution in [2.24, 2.45) is 0 Å². The summed E-state index contributed by atoms with van der Waals surface area (Å²) >= 11 is 6.04. The van der Waals surface area contributed by atoms with E-state index in [1.807, 2.05) is 41.9 Å². The zero-order valence-corrected chi connectivity index (χ0v) is 16.1. The van der Waals surface area contributed by atoms with Gasteiger partial charge in [-0.15, -0.1) is 0 Å². The summed E-state index contributed by atoms with van der Waals surface area (Å²) in [6.45, 7) is 2.50. The number of halogens is 1. The van der Waals surface area contributed by atoms with E-state index in [-0.39, 0.29) is 5.91 Å². The molecule has 2 aromatic carbocycles. The highest BCUT2D eigenvalue weighted by Gasteiger charge is 2.13. The number of nitrogens with zero attached hydrogens (tertiary/aromatic N) is 2. The van der Waals surface area contributed by atoms with Gasteiger partial charge in [0.2, 0.25) is 0 Å². The van der Waals surface area contributed by atoms with Crippen LogP contribution in [0.5, 0.6) is 11.5 Å². The Morgan fingerprint density at radius 3 is 2.44 bits per heavy atom. The molecule has 0 radical (unpaired) electrons. The number of aryl methyl sites for hydroxylation is 1. The summed E-state index contributed by atoms with van der Waals surface area (Å²) in [5, 5.41) is 7.95. The van der Waals surface area contributed by atoms with Gasteiger partial charge in [-0.3, -0.25) is 9.48 Å². The fraction of sp³-hybridized carbons (Fsp3) is 0.200. The molecular weight excluding hydrogens is 366 g/mol. The number of anilines is 1. The molecule has 0 saturated carbocycles. The number of amides is 1. The van der Waals surface area contributed by atoms with Gasteiger partial charge in [0.25, 0.3) is 5.91 Å². The molecular formula is C20H20ClN3O3. The van der Waals surface area contributed by atoms with Crippen LogP contribution in [-0.2, 0) is 6.54 Å². The molecule has 3 rings (SSSR count). The summed E-state index contributed by atoms with van der Waals surface area (Å²) < 4.78 is 12.2. The predicted molar refractivity (Wildman–Crippen MR) is 105 cm³/mol. The van der Waals surface area contributed by atoms with E-state index in [4.69, 9.17) is 21.1 Å². The predicted octanol–water partition coefficient (Wildman–Crippen LogP) is 4.16. The number of hydrogen-bond acceptors (Lipinski definition) is 4. The van der Waals surface area contributed by atoms with Crippen molar-refractivity contribution in [1.29, 1.82) is 0 Å². The maximum absolute atomic E-state index is 12.6. The topological polar surface area (TPSA) is 65.4 Å². The van der Waals surface area contributed by atoms with Crippen LogP contribution < -0.4 is 14.8 Å². The molecule has 0 aliphatic rings. The third-order valence-electron chi connectivity index (χ3n) is 4.06. The molecule has 140 valence electrons. The number of carbonyl (C=O) groups is 1. The monoisotopic (exact) mass is 385 g/mol. The van der Waals surface area contributed by atoms with E-state index in [0.717, 1.165) is 11.3 Å². The van der Waals surface area contributed by atoms with E-state index in [2.05, 4.69) is 10.4 Å². The number of ether oxygens (including phenoxy) is 2. The molecule has 27 heavy (non-hydrogen) atoms. The highest BCUT2D eigenvalue weighted by Crippen LogP contribution is 2.23. The van der Waals surface area contributed by atoms with Crippen LogP contribution in [0.3, 0.4) is 0 Å². The van der Waals surface area contributed by atoms with Crippen molar-refractivity contribution in [1.82, 2.24) is 9.78 Å². The molecule has 0 aliphatic carbocycles. The first-order chi connectivity index (χ1) is 13.0. The second-order valence-corrected chi connectivity index (χ2v) is 6.45. The van der Waals surface area contributed by atoms with Crippen LogP contribution >= 0.6 is 11.6 Å². The van der Waals surface area contributed by atoms with Crippen molar-refractivity contribution in [3.8, 4) is 11.5 Å². The number of aromatic nitrogens is 2. The molecule has 1 heterocycles. The minimum atomic E-state index is -0.292. The Balaban J connectivity index is 1.77. The molecule has 1 aromatic heterocycles. The van der Waals surface area contributed by atoms with Gasteiger partial charge < -0.3 is 14.8 Å². The number of nitrogens with one attached hydrogen (secondary N) is 1. The Bertz CT molecular complexity index is 947. The van der Waals surface area contributed by atoms with Gasteiger partial charge in [0.05, 0.1) is 20.8 Å². The van der Waals surface area contributed by atoms with Crippen molar-refractivity contribution in [2.75, 3.05) is 19.5 Å². The Kier molecular flexibility index (Phi) is 5.66. The summed E-state index contributed by atoms with van der Waals surface area (Å²) in [5.74, 6) is 1.27. The maximum atomic E-state index is 12.6. The zero-order chi connectivity index (χ0) is 19.4. The summed E-state index contributed by atoms with van der Waals surface area (Å²) in [6.07, 6.45) is 0. The molecule has 7 heteroatoms. The summed E-state index contributed by atoms with van der Waals surface area (Å²) in [6, 6.07) is 14.4. The zero-order valence-electron chi connectivity index (χ0n) is 15.3. The minimum absolute atomic E-state index is 0.292. The number of benzene rings is 2. The molecule has 1 N–H and O–H groups in total. The normalized spacial score (nSPS) is 10.5. The molecule has 0 fully saturated rings. The second-order valence-electron chi connectivity index (χ2n) is 6.01. The molecule has 0 bridgehead atoms. The Morgan fingerprint density at radius 1 is 1.11 bits per heavy atom. The SMILES string of the molecule is COc1cc(OC)cc(C(=O)Nc2cc(C)n(Cc3cccc(Cl)c3)n2)c1. The molecule has 0 aliphatic heterocycles. The molecule has 0 spiro atoms. The lowest BCUT2D eigenvalue weighted by atomic mass is 10.2. The van der Waals surface area contributed by atoms with Crippen molar-refractivity contribution in [3.63, 3.8) is 0 Å². The first-order valence-corrected chi connectivity index (χ1v) is 8.69. The van der Waals surface area contributed by atoms with Gasteiger partial charge in [-0.25, -0.2) is 0 Å². The van der Waals surface area contributed by atoms with Crippen LogP contribution in [-0.4, -0.2) is 29.9 Å². The summed E-state index contributed by atoms with van der Waals surface area (Å²) in [5.41, 5.74) is 2.38. The van der Waals surface area contributed by atoms with Crippen LogP contribution in [0, 0.1) is 6.92 Å². The average molecular weight is 386 g/mol. The van der Waals surface area contributed by atoms with Gasteiger partial charge in [0.1, 0.15) is 11.5 Å². The highest BCUT2D eigenvalue weighted by molar-refractivity contribution is 6.30. The van der Waals surface area contributed by atoms with Gasteiger partial charge in [0.15, 0.2) is 5.82 Å². The number of hydrogen-bond donors (Lipinski definition) is 1. The van der Waals surface area contributed by atoms with Crippen molar-refractivity contribution in [2.45, 2.75) is 13.5 Å². The van der Waals surface area contributed by atoms with Gasteiger partial charge >= 0.3 is 0 Å². The lowest BCUT2D eigenvalue weighted by molar-refractivity contribution is 0.102. The van der Waals surface area contributed by atoms with Crippen molar-refractivity contribution >= 4 is 23.3 Å². The molecule has 0 saturated heterocycles. The number of rotatable bonds is 6. The van der Waals surface area contributed by atoms with E-state index >= 15 is 0 Å². The van der Waals surface area contributed by atoms with Gasteiger partial charge in [-0.1, -0.05) is 23.7 Å². The largest absolute Gasteiger partial charge is 0.497 e. The Labute approximate surface area is 162 Å². The first-order valence-electron chi connectivity index (χ1n) is 8.32. The second kappa shape index (κ2) is 8.14. The quantitative estimate of drug-likeness (QED) is 0.691. The fourth-order valence-corrected chi connectivity index (χ4v) is 2.88. The molecule has 6 nitrogen and oxygen atoms in total. The molecule has 0 atom stereocenters. The molecule has 3 aromatic rings. The maximum Gasteiger partial charge on any atom is 0.257 e. The molecule has 0 unspecified atom stereocenters. The van der Waals surface area contributed by atoms with E-state index in [1.165, 1.54) is 14.2 Å². The van der Waals surface area contributed by atoms with Crippen LogP contribution in [0.4, 0.5) is 5.82 Å². The Hall–Kier alpha value is -2.99. The lowest BCUT2D eigenvalue weighted by Gasteiger charge is -2.08. The third kappa shape index (κ3) is 4.60. The number of methoxy groups -OCH3 is 2. The fourth-order valence-electron chi connectivity index (χ4n) is 2.67. The van der Waals surface area contributed by atoms with Gasteiger partial charge in [-0.2, -0.15) is 5.10 Å². The standard InChI is InChI=1S/C20H20ClN3O3/c1-13-7-19(23-24(13)12-14-5-4-6-16(21)8-14)22-20(25)15-9-17(26-2)11-18(10-15)27-3/h4-11H,12H2,1-3H3,(H,22,23,25). The van der Waals surface area contributed by atoms with E-state index < -0.39 is 0 Å². The Morgan fingerprint density at radius 2 is 1.81 bits per heavy atom. The highest BCUT2D eigenvalue weighted by atomic mass is 35.5. The van der Waals surface area contributed by atoms with E-state index in [1.54, 1.807) is 18.2 Å². The minimum Gasteiger partial charge on any atom is -0.497 e. The third-order valence-corrected chi connectivity index (χ3v) is 4.29. The van der Waals surface area contributed by atoms with Crippen molar-refractivity contribution < 1.29 is 14.3 Å². The average Bonchev–Trinajstić information content (AvgIpc) is 3.00. The number of carbonyl (C=O) groups excluding carboxylic acids is 1. The van der Waals surface area contributed by atoms with Gasteiger partial charge in [0, 0.05) is 28.4 Å². The van der Waals surface area contributed by atoms with Crippen molar-refractivity contribution in [3.05, 3.63) is 70.4 Å². The first kappa shape index (κ1) is 18.8. The van der Waals surface area contributed by atoms with Crippen LogP contribution in [0.25, 0.3) is 0 Å². The van der Waals surface area contributed by atoms with Crippen LogP contribution in [0.15, 0.2) is 48.5 Å². The van der Waals surface area contributed by atoms with Crippen LogP contribution in [0.2, 0.25) is 5.02 Å². The lowest BCUT2D eigenvalue weighted by Crippen LogP contribution is -2.13. The smallest absolute Gasteiger partial charge is 0.257 e. The summed E-state index contributed by atoms with van der Waals surface area (Å²) in [4.78, 5) is 12.6. The summed E-state index contributed by atoms with van der Waals surface area (Å²) in [7, 11) is 3.08. The van der Waals surface area contributed by atoms with Gasteiger partial charge in [-0.05, 0) is 36.8 Å². The van der Waals surface area contributed by atoms with E-state index in [9.17, 15) is 4.79 Å².